The molecule has 0 aromatic heterocycles. The van der Waals surface area contributed by atoms with Crippen LogP contribution in [0.5, 0.6) is 11.5 Å². The van der Waals surface area contributed by atoms with Crippen LogP contribution in [0.3, 0.4) is 0 Å². The van der Waals surface area contributed by atoms with Crippen LogP contribution < -0.4 is 15.4 Å². The van der Waals surface area contributed by atoms with Crippen LogP contribution in [-0.4, -0.2) is 67.2 Å². The molecule has 10 nitrogen and oxygen atoms in total. The lowest BCUT2D eigenvalue weighted by molar-refractivity contribution is -0.0207. The summed E-state index contributed by atoms with van der Waals surface area (Å²) in [6, 6.07) is 5.19. The number of benzene rings is 1. The van der Waals surface area contributed by atoms with Gasteiger partial charge in [0.2, 0.25) is 7.37 Å². The van der Waals surface area contributed by atoms with Crippen LogP contribution >= 0.6 is 7.37 Å². The van der Waals surface area contributed by atoms with Gasteiger partial charge < -0.3 is 32.9 Å². The number of ether oxygens (including phenoxy) is 6. The first-order valence-corrected chi connectivity index (χ1v) is 11.1. The first-order valence-electron chi connectivity index (χ1n) is 9.14. The molecule has 11 heteroatoms. The Bertz CT molecular complexity index is 593. The maximum atomic E-state index is 12.8. The SMILES string of the molecule is CCOP(=O)(CON)Cc1ccc(OCOCCOC)c(OCOCCOC)c1. The van der Waals surface area contributed by atoms with E-state index in [1.807, 2.05) is 0 Å². The van der Waals surface area contributed by atoms with Gasteiger partial charge in [-0.25, -0.2) is 5.90 Å². The van der Waals surface area contributed by atoms with E-state index in [1.54, 1.807) is 39.3 Å². The minimum atomic E-state index is -3.08. The van der Waals surface area contributed by atoms with E-state index in [2.05, 4.69) is 4.84 Å². The van der Waals surface area contributed by atoms with Crippen LogP contribution in [0.25, 0.3) is 0 Å². The highest BCUT2D eigenvalue weighted by Crippen LogP contribution is 2.50. The Morgan fingerprint density at radius 3 is 2.10 bits per heavy atom. The largest absolute Gasteiger partial charge is 0.464 e. The molecule has 0 aliphatic rings. The number of hydrogen-bond donors (Lipinski definition) is 1. The van der Waals surface area contributed by atoms with Crippen LogP contribution in [0.15, 0.2) is 18.2 Å². The van der Waals surface area contributed by atoms with Crippen molar-refractivity contribution in [3.05, 3.63) is 23.8 Å². The van der Waals surface area contributed by atoms with Crippen molar-refractivity contribution in [3.63, 3.8) is 0 Å². The monoisotopic (exact) mass is 437 g/mol. The molecule has 0 spiro atoms. The third-order valence-corrected chi connectivity index (χ3v) is 5.64. The van der Waals surface area contributed by atoms with E-state index >= 15 is 0 Å². The predicted octanol–water partition coefficient (Wildman–Crippen LogP) is 2.35. The fraction of sp³-hybridized carbons (Fsp3) is 0.667. The maximum Gasteiger partial charge on any atom is 0.234 e. The zero-order chi connectivity index (χ0) is 21.4. The van der Waals surface area contributed by atoms with Crippen molar-refractivity contribution < 1.29 is 42.3 Å². The second-order valence-corrected chi connectivity index (χ2v) is 8.26. The third kappa shape index (κ3) is 10.9. The quantitative estimate of drug-likeness (QED) is 0.159. The van der Waals surface area contributed by atoms with Gasteiger partial charge in [-0.05, 0) is 24.6 Å². The molecule has 1 atom stereocenters. The zero-order valence-electron chi connectivity index (χ0n) is 17.3. The van der Waals surface area contributed by atoms with Crippen LogP contribution in [0.4, 0.5) is 0 Å². The minimum absolute atomic E-state index is 0.00272. The molecule has 2 N–H and O–H groups in total. The van der Waals surface area contributed by atoms with Crippen molar-refractivity contribution >= 4 is 7.37 Å². The van der Waals surface area contributed by atoms with E-state index in [9.17, 15) is 4.57 Å². The lowest BCUT2D eigenvalue weighted by Gasteiger charge is -2.18. The van der Waals surface area contributed by atoms with Gasteiger partial charge in [0.25, 0.3) is 0 Å². The predicted molar refractivity (Wildman–Crippen MR) is 106 cm³/mol. The van der Waals surface area contributed by atoms with Gasteiger partial charge >= 0.3 is 0 Å². The summed E-state index contributed by atoms with van der Waals surface area (Å²) in [5.74, 6) is 5.99. The molecule has 29 heavy (non-hydrogen) atoms. The second-order valence-electron chi connectivity index (χ2n) is 5.79. The molecule has 0 saturated heterocycles. The Morgan fingerprint density at radius 1 is 0.931 bits per heavy atom. The van der Waals surface area contributed by atoms with Crippen molar-refractivity contribution in [2.24, 2.45) is 5.90 Å². The van der Waals surface area contributed by atoms with E-state index in [0.29, 0.717) is 37.9 Å². The van der Waals surface area contributed by atoms with E-state index in [-0.39, 0.29) is 32.7 Å². The highest BCUT2D eigenvalue weighted by Gasteiger charge is 2.24. The summed E-state index contributed by atoms with van der Waals surface area (Å²) in [5, 5.41) is 0. The van der Waals surface area contributed by atoms with Gasteiger partial charge in [-0.1, -0.05) is 6.07 Å². The molecular weight excluding hydrogens is 405 g/mol. The van der Waals surface area contributed by atoms with E-state index < -0.39 is 7.37 Å². The van der Waals surface area contributed by atoms with E-state index in [1.165, 1.54) is 0 Å². The number of rotatable bonds is 18. The fourth-order valence-corrected chi connectivity index (χ4v) is 3.96. The molecule has 0 radical (unpaired) electrons. The van der Waals surface area contributed by atoms with Gasteiger partial charge in [0.05, 0.1) is 39.2 Å². The average Bonchev–Trinajstić information content (AvgIpc) is 2.69. The zero-order valence-corrected chi connectivity index (χ0v) is 18.2. The summed E-state index contributed by atoms with van der Waals surface area (Å²) >= 11 is 0. The number of nitrogens with two attached hydrogens (primary N) is 1. The van der Waals surface area contributed by atoms with Gasteiger partial charge in [-0.2, -0.15) is 0 Å². The first kappa shape index (κ1) is 25.8. The molecule has 168 valence electrons. The molecular formula is C18H32NO9P. The smallest absolute Gasteiger partial charge is 0.234 e. The molecule has 1 aromatic carbocycles. The Hall–Kier alpha value is -1.23. The molecule has 1 unspecified atom stereocenters. The van der Waals surface area contributed by atoms with E-state index in [0.717, 1.165) is 5.56 Å². The summed E-state index contributed by atoms with van der Waals surface area (Å²) < 4.78 is 50.0. The van der Waals surface area contributed by atoms with Gasteiger partial charge in [-0.15, -0.1) is 0 Å². The summed E-state index contributed by atoms with van der Waals surface area (Å²) in [4.78, 5) is 4.57. The van der Waals surface area contributed by atoms with Crippen molar-refractivity contribution in [2.45, 2.75) is 13.1 Å². The van der Waals surface area contributed by atoms with Crippen LogP contribution in [0.2, 0.25) is 0 Å². The molecule has 0 aliphatic carbocycles. The summed E-state index contributed by atoms with van der Waals surface area (Å²) in [7, 11) is 0.1000. The number of methoxy groups -OCH3 is 2. The normalized spacial score (nSPS) is 13.2. The van der Waals surface area contributed by atoms with Gasteiger partial charge in [0.15, 0.2) is 25.1 Å². The minimum Gasteiger partial charge on any atom is -0.464 e. The summed E-state index contributed by atoms with van der Waals surface area (Å²) in [6.45, 7) is 3.80. The van der Waals surface area contributed by atoms with Gasteiger partial charge in [0.1, 0.15) is 6.35 Å². The molecule has 0 heterocycles. The maximum absolute atomic E-state index is 12.8. The third-order valence-electron chi connectivity index (χ3n) is 3.53. The molecule has 0 amide bonds. The molecule has 0 fully saturated rings. The summed E-state index contributed by atoms with van der Waals surface area (Å²) in [5.41, 5.74) is 0.721. The highest BCUT2D eigenvalue weighted by atomic mass is 31.2. The molecule has 0 aliphatic heterocycles. The van der Waals surface area contributed by atoms with Gasteiger partial charge in [0, 0.05) is 14.2 Å². The molecule has 1 aromatic rings. The lowest BCUT2D eigenvalue weighted by atomic mass is 10.2. The van der Waals surface area contributed by atoms with Crippen LogP contribution in [-0.2, 0) is 39.0 Å². The Kier molecular flexibility index (Phi) is 13.9. The average molecular weight is 437 g/mol. The fourth-order valence-electron chi connectivity index (χ4n) is 2.25. The van der Waals surface area contributed by atoms with Crippen molar-refractivity contribution in [3.8, 4) is 11.5 Å². The van der Waals surface area contributed by atoms with E-state index in [4.69, 9.17) is 38.8 Å². The first-order chi connectivity index (χ1) is 14.1. The van der Waals surface area contributed by atoms with Crippen LogP contribution in [0.1, 0.15) is 12.5 Å². The highest BCUT2D eigenvalue weighted by molar-refractivity contribution is 7.57. The Morgan fingerprint density at radius 2 is 1.55 bits per heavy atom. The van der Waals surface area contributed by atoms with Crippen molar-refractivity contribution in [1.29, 1.82) is 0 Å². The molecule has 0 bridgehead atoms. The Labute approximate surface area is 171 Å². The topological polar surface area (TPSA) is 117 Å². The summed E-state index contributed by atoms with van der Waals surface area (Å²) in [6.07, 6.45) is -0.0354. The van der Waals surface area contributed by atoms with Gasteiger partial charge in [-0.3, -0.25) is 9.40 Å². The molecule has 0 saturated carbocycles. The van der Waals surface area contributed by atoms with Crippen LogP contribution in [0, 0.1) is 0 Å². The Balaban J connectivity index is 2.82. The standard InChI is InChI=1S/C18H32NO9P/c1-4-28-29(20,15-27-19)12-16-5-6-17(25-13-23-9-7-21-2)18(11-16)26-14-24-10-8-22-3/h5-6,11H,4,7-10,12-15,19H2,1-3H3. The molecule has 1 rings (SSSR count). The lowest BCUT2D eigenvalue weighted by Crippen LogP contribution is -2.11. The van der Waals surface area contributed by atoms with Crippen molar-refractivity contribution in [1.82, 2.24) is 0 Å². The number of hydrogen-bond acceptors (Lipinski definition) is 10. The van der Waals surface area contributed by atoms with Crippen molar-refractivity contribution in [2.75, 3.05) is 67.2 Å². The second kappa shape index (κ2) is 15.6.